The molecule has 0 aliphatic heterocycles. The van der Waals surface area contributed by atoms with Crippen molar-refractivity contribution in [3.8, 4) is 12.3 Å². The third-order valence-corrected chi connectivity index (χ3v) is 6.91. The van der Waals surface area contributed by atoms with Crippen LogP contribution >= 0.6 is 0 Å². The van der Waals surface area contributed by atoms with Gasteiger partial charge in [0.25, 0.3) is 10.1 Å². The molecule has 17 heteroatoms. The van der Waals surface area contributed by atoms with E-state index < -0.39 is 71.6 Å². The Hall–Kier alpha value is -3.88. The zero-order chi connectivity index (χ0) is 33.2. The predicted molar refractivity (Wildman–Crippen MR) is 151 cm³/mol. The van der Waals surface area contributed by atoms with Crippen LogP contribution in [0.2, 0.25) is 0 Å². The van der Waals surface area contributed by atoms with Crippen LogP contribution in [-0.4, -0.2) is 98.8 Å². The van der Waals surface area contributed by atoms with Crippen LogP contribution in [0.15, 0.2) is 18.7 Å². The van der Waals surface area contributed by atoms with Crippen molar-refractivity contribution in [1.82, 2.24) is 9.88 Å². The van der Waals surface area contributed by atoms with Gasteiger partial charge in [-0.1, -0.05) is 0 Å². The summed E-state index contributed by atoms with van der Waals surface area (Å²) in [6.45, 7) is 3.03. The van der Waals surface area contributed by atoms with Gasteiger partial charge in [-0.15, -0.1) is 12.3 Å². The van der Waals surface area contributed by atoms with Crippen molar-refractivity contribution in [2.24, 2.45) is 10.8 Å². The van der Waals surface area contributed by atoms with Crippen molar-refractivity contribution >= 4 is 34.3 Å². The maximum atomic E-state index is 13.1. The minimum Gasteiger partial charge on any atom is -0.465 e. The Balaban J connectivity index is 2.72. The summed E-state index contributed by atoms with van der Waals surface area (Å²) >= 11 is 0. The maximum Gasteiger partial charge on any atom is 0.508 e. The van der Waals surface area contributed by atoms with Crippen molar-refractivity contribution in [3.63, 3.8) is 0 Å². The Morgan fingerprint density at radius 2 is 1.61 bits per heavy atom. The third-order valence-electron chi connectivity index (χ3n) is 6.10. The zero-order valence-corrected chi connectivity index (χ0v) is 26.0. The van der Waals surface area contributed by atoms with Crippen LogP contribution in [0, 0.1) is 23.2 Å². The standard InChI is InChI=1S/C27H41N3O13S/c1-5-7-15-40-24(34)42-19-27(4,20-43-25(35)41-18-26(3,17-31)23(33)39-6-2)22(32)28-10-8-11-29-13-14-30(21-29)12-9-16-44(36,37)38/h1,13-14,21,31H,6-12,15-20H2,2-4H3,(H-,28,32,36,37,38)/p+1. The fourth-order valence-corrected chi connectivity index (χ4v) is 3.88. The van der Waals surface area contributed by atoms with E-state index in [1.165, 1.54) is 13.8 Å². The molecule has 0 spiro atoms. The van der Waals surface area contributed by atoms with E-state index in [4.69, 9.17) is 34.7 Å². The smallest absolute Gasteiger partial charge is 0.465 e. The Morgan fingerprint density at radius 1 is 1.00 bits per heavy atom. The van der Waals surface area contributed by atoms with Gasteiger partial charge in [0.2, 0.25) is 12.2 Å². The Labute approximate surface area is 256 Å². The molecule has 0 aliphatic carbocycles. The molecule has 248 valence electrons. The quantitative estimate of drug-likeness (QED) is 0.0439. The number of ether oxygens (including phenoxy) is 5. The number of carbonyl (C=O) groups is 4. The molecule has 0 radical (unpaired) electrons. The van der Waals surface area contributed by atoms with Gasteiger partial charge in [0.1, 0.15) is 49.7 Å². The molecule has 3 N–H and O–H groups in total. The molecule has 1 rings (SSSR count). The van der Waals surface area contributed by atoms with Crippen LogP contribution in [0.4, 0.5) is 9.59 Å². The summed E-state index contributed by atoms with van der Waals surface area (Å²) in [5.74, 6) is 0.563. The first kappa shape index (κ1) is 38.1. The van der Waals surface area contributed by atoms with Gasteiger partial charge in [-0.3, -0.25) is 14.1 Å². The van der Waals surface area contributed by atoms with Gasteiger partial charge < -0.3 is 34.1 Å². The molecular weight excluding hydrogens is 606 g/mol. The van der Waals surface area contributed by atoms with Crippen LogP contribution in [0.3, 0.4) is 0 Å². The SMILES string of the molecule is C#CCCOC(=O)OCC(C)(COC(=O)OCC(C)(CO)C(=O)OCC)C(=O)NCCCn1cc[n+](CCCS(=O)(=O)O)c1. The molecule has 44 heavy (non-hydrogen) atoms. The molecular formula is C27H42N3O13S+. The van der Waals surface area contributed by atoms with Crippen LogP contribution in [-0.2, 0) is 56.5 Å². The number of amides is 1. The number of aliphatic hydroxyl groups excluding tert-OH is 1. The molecule has 2 atom stereocenters. The number of hydrogen-bond acceptors (Lipinski definition) is 12. The topological polar surface area (TPSA) is 210 Å². The minimum absolute atomic E-state index is 0.0582. The molecule has 1 aromatic rings. The minimum atomic E-state index is -4.03. The average Bonchev–Trinajstić information content (AvgIpc) is 3.42. The highest BCUT2D eigenvalue weighted by molar-refractivity contribution is 7.85. The summed E-state index contributed by atoms with van der Waals surface area (Å²) in [5.41, 5.74) is -3.10. The van der Waals surface area contributed by atoms with Crippen LogP contribution < -0.4 is 9.88 Å². The van der Waals surface area contributed by atoms with E-state index in [0.717, 1.165) is 0 Å². The fourth-order valence-electron chi connectivity index (χ4n) is 3.39. The summed E-state index contributed by atoms with van der Waals surface area (Å²) in [7, 11) is -4.03. The number of carbonyl (C=O) groups excluding carboxylic acids is 4. The van der Waals surface area contributed by atoms with Gasteiger partial charge in [0.05, 0.1) is 32.1 Å². The second-order valence-corrected chi connectivity index (χ2v) is 11.9. The number of imidazole rings is 1. The van der Waals surface area contributed by atoms with E-state index in [0.29, 0.717) is 19.5 Å². The monoisotopic (exact) mass is 648 g/mol. The van der Waals surface area contributed by atoms with Crippen molar-refractivity contribution in [2.75, 3.05) is 51.9 Å². The maximum absolute atomic E-state index is 13.1. The number of hydrogen-bond donors (Lipinski definition) is 3. The summed E-state index contributed by atoms with van der Waals surface area (Å²) < 4.78 is 59.0. The normalized spacial score (nSPS) is 13.8. The molecule has 0 saturated heterocycles. The number of nitrogens with one attached hydrogen (secondary N) is 1. The van der Waals surface area contributed by atoms with E-state index in [-0.39, 0.29) is 38.4 Å². The first-order valence-electron chi connectivity index (χ1n) is 13.8. The number of aliphatic hydroxyl groups is 1. The predicted octanol–water partition coefficient (Wildman–Crippen LogP) is 0.458. The highest BCUT2D eigenvalue weighted by atomic mass is 32.2. The van der Waals surface area contributed by atoms with E-state index in [2.05, 4.69) is 11.2 Å². The molecule has 1 heterocycles. The summed E-state index contributed by atoms with van der Waals surface area (Å²) in [5, 5.41) is 12.3. The highest BCUT2D eigenvalue weighted by Gasteiger charge is 2.39. The average molecular weight is 649 g/mol. The second-order valence-electron chi connectivity index (χ2n) is 10.3. The van der Waals surface area contributed by atoms with Gasteiger partial charge in [-0.2, -0.15) is 8.42 Å². The van der Waals surface area contributed by atoms with Gasteiger partial charge in [0, 0.05) is 25.8 Å². The van der Waals surface area contributed by atoms with Gasteiger partial charge in [0.15, 0.2) is 0 Å². The number of aryl methyl sites for hydroxylation is 2. The van der Waals surface area contributed by atoms with E-state index in [1.54, 1.807) is 30.2 Å². The lowest BCUT2D eigenvalue weighted by Crippen LogP contribution is -2.46. The van der Waals surface area contributed by atoms with Gasteiger partial charge >= 0.3 is 18.3 Å². The summed E-state index contributed by atoms with van der Waals surface area (Å²) in [6, 6.07) is 0. The second kappa shape index (κ2) is 18.7. The largest absolute Gasteiger partial charge is 0.508 e. The third kappa shape index (κ3) is 14.5. The lowest BCUT2D eigenvalue weighted by molar-refractivity contribution is -0.696. The Bertz CT molecular complexity index is 1240. The molecule has 2 unspecified atom stereocenters. The lowest BCUT2D eigenvalue weighted by Gasteiger charge is -2.27. The molecule has 16 nitrogen and oxygen atoms in total. The van der Waals surface area contributed by atoms with Crippen molar-refractivity contribution in [3.05, 3.63) is 18.7 Å². The van der Waals surface area contributed by atoms with Crippen molar-refractivity contribution in [1.29, 1.82) is 0 Å². The van der Waals surface area contributed by atoms with E-state index in [1.807, 2.05) is 4.57 Å². The molecule has 0 saturated carbocycles. The first-order valence-corrected chi connectivity index (χ1v) is 15.4. The molecule has 0 aliphatic rings. The molecule has 0 aromatic carbocycles. The van der Waals surface area contributed by atoms with E-state index in [9.17, 15) is 32.7 Å². The number of aromatic nitrogens is 2. The first-order chi connectivity index (χ1) is 20.7. The lowest BCUT2D eigenvalue weighted by atomic mass is 9.91. The fraction of sp³-hybridized carbons (Fsp3) is 0.667. The van der Waals surface area contributed by atoms with Crippen LogP contribution in [0.5, 0.6) is 0 Å². The van der Waals surface area contributed by atoms with Gasteiger partial charge in [-0.25, -0.2) is 18.7 Å². The number of esters is 1. The number of rotatable bonds is 20. The Morgan fingerprint density at radius 3 is 2.18 bits per heavy atom. The highest BCUT2D eigenvalue weighted by Crippen LogP contribution is 2.21. The van der Waals surface area contributed by atoms with Crippen molar-refractivity contribution < 1.29 is 65.5 Å². The summed E-state index contributed by atoms with van der Waals surface area (Å²) in [6.07, 6.45) is 8.95. The molecule has 0 bridgehead atoms. The zero-order valence-electron chi connectivity index (χ0n) is 25.2. The van der Waals surface area contributed by atoms with E-state index >= 15 is 0 Å². The number of terminal acetylenes is 1. The van der Waals surface area contributed by atoms with Gasteiger partial charge in [-0.05, 0) is 20.8 Å². The van der Waals surface area contributed by atoms with Crippen molar-refractivity contribution in [2.45, 2.75) is 53.1 Å². The molecule has 1 aromatic heterocycles. The summed E-state index contributed by atoms with van der Waals surface area (Å²) in [4.78, 5) is 49.4. The van der Waals surface area contributed by atoms with Crippen LogP contribution in [0.1, 0.15) is 40.0 Å². The Kier molecular flexibility index (Phi) is 16.2. The molecule has 0 fully saturated rings. The van der Waals surface area contributed by atoms with Crippen LogP contribution in [0.25, 0.3) is 0 Å². The number of nitrogens with zero attached hydrogens (tertiary/aromatic N) is 2. The molecule has 1 amide bonds.